The van der Waals surface area contributed by atoms with Crippen LogP contribution >= 0.6 is 11.6 Å². The summed E-state index contributed by atoms with van der Waals surface area (Å²) in [5.41, 5.74) is 1.29. The lowest BCUT2D eigenvalue weighted by molar-refractivity contribution is -0.126. The van der Waals surface area contributed by atoms with Crippen molar-refractivity contribution in [1.29, 1.82) is 0 Å². The molecule has 1 atom stereocenters. The molecule has 1 spiro atoms. The third-order valence-electron chi connectivity index (χ3n) is 6.30. The van der Waals surface area contributed by atoms with Crippen molar-refractivity contribution in [3.8, 4) is 0 Å². The second-order valence-electron chi connectivity index (χ2n) is 8.25. The number of piperidine rings is 1. The molecule has 9 heteroatoms. The molecule has 0 bridgehead atoms. The highest BCUT2D eigenvalue weighted by molar-refractivity contribution is 6.30. The zero-order valence-corrected chi connectivity index (χ0v) is 18.8. The Balaban J connectivity index is 0.00000101. The van der Waals surface area contributed by atoms with Gasteiger partial charge in [0.05, 0.1) is 5.69 Å². The lowest BCUT2D eigenvalue weighted by Gasteiger charge is -2.43. The van der Waals surface area contributed by atoms with Crippen molar-refractivity contribution < 1.29 is 19.4 Å². The third-order valence-corrected chi connectivity index (χ3v) is 6.61. The first-order valence-electron chi connectivity index (χ1n) is 10.8. The summed E-state index contributed by atoms with van der Waals surface area (Å²) in [5.74, 6) is 1.01. The molecule has 1 saturated carbocycles. The zero-order valence-electron chi connectivity index (χ0n) is 18.1. The van der Waals surface area contributed by atoms with E-state index in [2.05, 4.69) is 27.1 Å². The van der Waals surface area contributed by atoms with Crippen molar-refractivity contribution in [2.75, 3.05) is 26.8 Å². The largest absolute Gasteiger partial charge is 0.483 e. The summed E-state index contributed by atoms with van der Waals surface area (Å²) in [6.45, 7) is 4.99. The van der Waals surface area contributed by atoms with Gasteiger partial charge >= 0.3 is 0 Å². The highest BCUT2D eigenvalue weighted by atomic mass is 35.5. The van der Waals surface area contributed by atoms with E-state index in [0.717, 1.165) is 69.7 Å². The number of hydrogen-bond donors (Lipinski definition) is 3. The molecule has 1 aliphatic carbocycles. The van der Waals surface area contributed by atoms with Gasteiger partial charge in [-0.2, -0.15) is 0 Å². The number of methoxy groups -OCH3 is 1. The number of halogens is 1. The Morgan fingerprint density at radius 2 is 2.13 bits per heavy atom. The number of rotatable bonds is 8. The average molecular weight is 443 g/mol. The van der Waals surface area contributed by atoms with E-state index in [9.17, 15) is 4.79 Å². The Morgan fingerprint density at radius 3 is 2.77 bits per heavy atom. The van der Waals surface area contributed by atoms with Gasteiger partial charge in [0.2, 0.25) is 5.91 Å². The maximum absolute atomic E-state index is 12.0. The lowest BCUT2D eigenvalue weighted by Crippen LogP contribution is -2.50. The molecule has 2 fully saturated rings. The molecule has 1 aromatic heterocycles. The minimum absolute atomic E-state index is 0.00931. The fourth-order valence-electron chi connectivity index (χ4n) is 4.72. The van der Waals surface area contributed by atoms with Crippen LogP contribution in [0.4, 0.5) is 0 Å². The number of hydrogen-bond acceptors (Lipinski definition) is 5. The summed E-state index contributed by atoms with van der Waals surface area (Å²) in [6.07, 6.45) is 9.00. The van der Waals surface area contributed by atoms with Crippen LogP contribution in [0.5, 0.6) is 0 Å². The summed E-state index contributed by atoms with van der Waals surface area (Å²) in [7, 11) is 1.57. The number of imidazole rings is 1. The van der Waals surface area contributed by atoms with Crippen LogP contribution in [-0.4, -0.2) is 65.2 Å². The predicted octanol–water partition coefficient (Wildman–Crippen LogP) is 3.00. The van der Waals surface area contributed by atoms with Crippen LogP contribution in [0.15, 0.2) is 0 Å². The average Bonchev–Trinajstić information content (AvgIpc) is 3.26. The van der Waals surface area contributed by atoms with Gasteiger partial charge in [-0.05, 0) is 50.6 Å². The Kier molecular flexibility index (Phi) is 10.1. The normalized spacial score (nSPS) is 20.6. The Hall–Kier alpha value is -1.64. The number of aryl methyl sites for hydroxylation is 1. The maximum atomic E-state index is 12.0. The zero-order chi connectivity index (χ0) is 22.0. The molecular formula is C21H35ClN4O4. The molecule has 0 radical (unpaired) electrons. The lowest BCUT2D eigenvalue weighted by atomic mass is 9.74. The first-order chi connectivity index (χ1) is 14.5. The van der Waals surface area contributed by atoms with Crippen LogP contribution in [0.25, 0.3) is 0 Å². The van der Waals surface area contributed by atoms with E-state index in [-0.39, 0.29) is 24.4 Å². The van der Waals surface area contributed by atoms with Gasteiger partial charge in [0.25, 0.3) is 6.47 Å². The van der Waals surface area contributed by atoms with Crippen molar-refractivity contribution in [2.45, 2.75) is 70.9 Å². The molecule has 1 amide bonds. The monoisotopic (exact) mass is 442 g/mol. The van der Waals surface area contributed by atoms with Crippen molar-refractivity contribution in [2.24, 2.45) is 5.41 Å². The Bertz CT molecular complexity index is 674. The first kappa shape index (κ1) is 24.6. The molecule has 2 heterocycles. The van der Waals surface area contributed by atoms with E-state index < -0.39 is 0 Å². The summed E-state index contributed by atoms with van der Waals surface area (Å²) in [4.78, 5) is 30.7. The molecule has 3 rings (SSSR count). The van der Waals surface area contributed by atoms with Crippen molar-refractivity contribution in [1.82, 2.24) is 20.2 Å². The number of H-pyrrole nitrogens is 1. The third kappa shape index (κ3) is 6.68. The smallest absolute Gasteiger partial charge is 0.290 e. The number of carbonyl (C=O) groups excluding carboxylic acids is 1. The number of unbranched alkanes of at least 4 members (excludes halogenated alkanes) is 1. The molecule has 1 unspecified atom stereocenters. The fourth-order valence-corrected chi connectivity index (χ4v) is 4.93. The Morgan fingerprint density at radius 1 is 1.43 bits per heavy atom. The second-order valence-corrected chi connectivity index (χ2v) is 8.60. The molecule has 1 saturated heterocycles. The van der Waals surface area contributed by atoms with E-state index in [1.54, 1.807) is 7.11 Å². The molecule has 170 valence electrons. The van der Waals surface area contributed by atoms with E-state index in [0.29, 0.717) is 11.2 Å². The molecule has 1 aromatic rings. The quantitative estimate of drug-likeness (QED) is 0.534. The SMILES string of the molecule is CCCCc1nc(Cl)c(CN2CCC3(CCCC3NC(=O)COC)CC2)[nH]1.O=CO. The molecule has 8 nitrogen and oxygen atoms in total. The molecule has 1 aliphatic heterocycles. The number of aromatic nitrogens is 2. The van der Waals surface area contributed by atoms with Gasteiger partial charge in [-0.15, -0.1) is 0 Å². The van der Waals surface area contributed by atoms with Crippen LogP contribution in [0, 0.1) is 5.41 Å². The summed E-state index contributed by atoms with van der Waals surface area (Å²) < 4.78 is 4.97. The number of aromatic amines is 1. The standard InChI is InChI=1S/C20H33ClN4O2.CH2O2/c1-3-4-7-17-22-15(19(21)24-17)13-25-11-9-20(10-12-25)8-5-6-16(20)23-18(26)14-27-2;2-1-3/h16H,3-14H2,1-2H3,(H,22,24)(H,23,26);1H,(H,2,3). The van der Waals surface area contributed by atoms with E-state index in [1.165, 1.54) is 12.8 Å². The molecule has 3 N–H and O–H groups in total. The van der Waals surface area contributed by atoms with Gasteiger partial charge in [-0.1, -0.05) is 31.4 Å². The van der Waals surface area contributed by atoms with Gasteiger partial charge in [0, 0.05) is 26.1 Å². The molecule has 0 aromatic carbocycles. The predicted molar refractivity (Wildman–Crippen MR) is 116 cm³/mol. The van der Waals surface area contributed by atoms with Crippen LogP contribution in [-0.2, 0) is 27.3 Å². The minimum Gasteiger partial charge on any atom is -0.483 e. The number of nitrogens with one attached hydrogen (secondary N) is 2. The number of carbonyl (C=O) groups is 2. The maximum Gasteiger partial charge on any atom is 0.290 e. The van der Waals surface area contributed by atoms with Gasteiger partial charge in [-0.3, -0.25) is 14.5 Å². The van der Waals surface area contributed by atoms with Crippen LogP contribution < -0.4 is 5.32 Å². The second kappa shape index (κ2) is 12.3. The van der Waals surface area contributed by atoms with E-state index in [4.69, 9.17) is 26.2 Å². The number of likely N-dealkylation sites (tertiary alicyclic amines) is 1. The highest BCUT2D eigenvalue weighted by Gasteiger charge is 2.45. The van der Waals surface area contributed by atoms with Crippen LogP contribution in [0.3, 0.4) is 0 Å². The Labute approximate surface area is 183 Å². The number of ether oxygens (including phenoxy) is 1. The molecule has 2 aliphatic rings. The number of carboxylic acid groups (broad SMARTS) is 1. The molecule has 30 heavy (non-hydrogen) atoms. The topological polar surface area (TPSA) is 108 Å². The van der Waals surface area contributed by atoms with E-state index in [1.807, 2.05) is 0 Å². The van der Waals surface area contributed by atoms with Gasteiger partial charge < -0.3 is 20.1 Å². The van der Waals surface area contributed by atoms with Gasteiger partial charge in [0.1, 0.15) is 12.4 Å². The van der Waals surface area contributed by atoms with Crippen molar-refractivity contribution in [3.05, 3.63) is 16.7 Å². The summed E-state index contributed by atoms with van der Waals surface area (Å²) >= 11 is 6.35. The number of amides is 1. The van der Waals surface area contributed by atoms with Crippen molar-refractivity contribution >= 4 is 24.0 Å². The van der Waals surface area contributed by atoms with Crippen LogP contribution in [0.2, 0.25) is 5.15 Å². The fraction of sp³-hybridized carbons (Fsp3) is 0.762. The van der Waals surface area contributed by atoms with Gasteiger partial charge in [-0.25, -0.2) is 4.98 Å². The first-order valence-corrected chi connectivity index (χ1v) is 11.2. The molecular weight excluding hydrogens is 408 g/mol. The number of nitrogens with zero attached hydrogens (tertiary/aromatic N) is 2. The van der Waals surface area contributed by atoms with Gasteiger partial charge in [0.15, 0.2) is 5.15 Å². The van der Waals surface area contributed by atoms with E-state index >= 15 is 0 Å². The van der Waals surface area contributed by atoms with Crippen molar-refractivity contribution in [3.63, 3.8) is 0 Å². The summed E-state index contributed by atoms with van der Waals surface area (Å²) in [5, 5.41) is 10.7. The summed E-state index contributed by atoms with van der Waals surface area (Å²) in [6, 6.07) is 0.290. The highest BCUT2D eigenvalue weighted by Crippen LogP contribution is 2.46. The van der Waals surface area contributed by atoms with Crippen LogP contribution in [0.1, 0.15) is 63.4 Å². The minimum atomic E-state index is -0.250.